The number of amides is 1. The first-order valence-electron chi connectivity index (χ1n) is 7.19. The zero-order chi connectivity index (χ0) is 18.4. The molecular formula is C15H16BrClFN3O2S2. The van der Waals surface area contributed by atoms with E-state index < -0.39 is 17.0 Å². The van der Waals surface area contributed by atoms with Crippen LogP contribution < -0.4 is 10.0 Å². The second-order valence-electron chi connectivity index (χ2n) is 5.12. The summed E-state index contributed by atoms with van der Waals surface area (Å²) in [4.78, 5) is 11.2. The summed E-state index contributed by atoms with van der Waals surface area (Å²) in [7, 11) is 1.86. The highest BCUT2D eigenvalue weighted by molar-refractivity contribution is 9.10. The average Bonchev–Trinajstić information content (AvgIpc) is 3.01. The fraction of sp³-hybridized carbons (Fsp3) is 0.267. The number of thiophene rings is 1. The molecule has 1 aromatic carbocycles. The van der Waals surface area contributed by atoms with Crippen molar-refractivity contribution in [3.63, 3.8) is 0 Å². The predicted octanol–water partition coefficient (Wildman–Crippen LogP) is 4.10. The first kappa shape index (κ1) is 20.5. The van der Waals surface area contributed by atoms with Crippen molar-refractivity contribution in [3.05, 3.63) is 49.8 Å². The van der Waals surface area contributed by atoms with Gasteiger partial charge < -0.3 is 5.32 Å². The number of carbonyl (C=O) groups excluding carboxylic acids is 1. The number of benzene rings is 1. The molecule has 1 aliphatic rings. The molecule has 0 spiro atoms. The summed E-state index contributed by atoms with van der Waals surface area (Å²) in [5.74, 6) is -0.497. The highest BCUT2D eigenvalue weighted by Crippen LogP contribution is 2.29. The molecule has 136 valence electrons. The predicted molar refractivity (Wildman–Crippen MR) is 104 cm³/mol. The number of halogens is 3. The van der Waals surface area contributed by atoms with E-state index in [0.29, 0.717) is 12.1 Å². The third kappa shape index (κ3) is 6.12. The molecule has 0 aliphatic carbocycles. The van der Waals surface area contributed by atoms with Gasteiger partial charge in [0.2, 0.25) is 6.41 Å². The van der Waals surface area contributed by atoms with Crippen LogP contribution in [0.4, 0.5) is 10.1 Å². The molecule has 1 aliphatic heterocycles. The van der Waals surface area contributed by atoms with E-state index in [2.05, 4.69) is 37.4 Å². The number of nitrogens with zero attached hydrogens (tertiary/aromatic N) is 1. The van der Waals surface area contributed by atoms with Crippen LogP contribution in [0.5, 0.6) is 0 Å². The van der Waals surface area contributed by atoms with Gasteiger partial charge in [-0.3, -0.25) is 4.79 Å². The van der Waals surface area contributed by atoms with Crippen LogP contribution in [-0.4, -0.2) is 28.5 Å². The Labute approximate surface area is 165 Å². The van der Waals surface area contributed by atoms with Gasteiger partial charge in [-0.1, -0.05) is 11.6 Å². The minimum Gasteiger partial charge on any atom is -0.329 e. The second kappa shape index (κ2) is 9.75. The largest absolute Gasteiger partial charge is 0.329 e. The van der Waals surface area contributed by atoms with E-state index in [9.17, 15) is 13.4 Å². The molecule has 3 rings (SSSR count). The van der Waals surface area contributed by atoms with Gasteiger partial charge in [0.05, 0.1) is 11.1 Å². The van der Waals surface area contributed by atoms with E-state index >= 15 is 0 Å². The molecule has 1 fully saturated rings. The van der Waals surface area contributed by atoms with E-state index in [1.54, 1.807) is 11.3 Å². The van der Waals surface area contributed by atoms with Gasteiger partial charge in [0.25, 0.3) is 0 Å². The van der Waals surface area contributed by atoms with Crippen molar-refractivity contribution in [2.75, 3.05) is 18.9 Å². The molecule has 1 unspecified atom stereocenters. The Hall–Kier alpha value is -0.840. The van der Waals surface area contributed by atoms with Gasteiger partial charge in [0.1, 0.15) is 5.82 Å². The maximum atomic E-state index is 12.5. The minimum atomic E-state index is -1.03. The van der Waals surface area contributed by atoms with Crippen molar-refractivity contribution >= 4 is 62.1 Å². The highest BCUT2D eigenvalue weighted by Gasteiger charge is 2.24. The Morgan fingerprint density at radius 1 is 1.52 bits per heavy atom. The molecule has 10 heteroatoms. The number of hydrogen-bond donors (Lipinski definition) is 2. The van der Waals surface area contributed by atoms with Gasteiger partial charge in [-0.15, -0.1) is 11.3 Å². The van der Waals surface area contributed by atoms with E-state index in [1.807, 2.05) is 11.4 Å². The first-order valence-corrected chi connectivity index (χ1v) is 10.3. The highest BCUT2D eigenvalue weighted by atomic mass is 79.9. The van der Waals surface area contributed by atoms with E-state index in [0.717, 1.165) is 17.4 Å². The molecule has 0 bridgehead atoms. The first-order chi connectivity index (χ1) is 11.9. The maximum absolute atomic E-state index is 12.5. The fourth-order valence-corrected chi connectivity index (χ4v) is 4.76. The molecule has 2 atom stereocenters. The molecule has 0 radical (unpaired) electrons. The van der Waals surface area contributed by atoms with Crippen LogP contribution in [0, 0.1) is 5.82 Å². The van der Waals surface area contributed by atoms with Crippen LogP contribution >= 0.6 is 38.9 Å². The van der Waals surface area contributed by atoms with Crippen molar-refractivity contribution in [1.29, 1.82) is 0 Å². The zero-order valence-corrected chi connectivity index (χ0v) is 17.1. The summed E-state index contributed by atoms with van der Waals surface area (Å²) in [5.41, 5.74) is 0.478. The fourth-order valence-electron chi connectivity index (χ4n) is 2.03. The third-order valence-corrected chi connectivity index (χ3v) is 6.67. The minimum absolute atomic E-state index is 0.00292. The summed E-state index contributed by atoms with van der Waals surface area (Å²) < 4.78 is 30.0. The molecule has 0 saturated carbocycles. The number of nitrogens with one attached hydrogen (secondary N) is 2. The Bertz CT molecular complexity index is 762. The summed E-state index contributed by atoms with van der Waals surface area (Å²) in [6.45, 7) is 0.875. The zero-order valence-electron chi connectivity index (χ0n) is 13.2. The van der Waals surface area contributed by atoms with Crippen LogP contribution in [-0.2, 0) is 16.0 Å². The van der Waals surface area contributed by atoms with Crippen molar-refractivity contribution in [2.24, 2.45) is 0 Å². The molecule has 2 heterocycles. The SMILES string of the molecule is CN1CC[C@@H](c2cc(Br)cs2)NS1=O.O=CNc1ccc(F)c(Cl)c1. The number of anilines is 1. The lowest BCUT2D eigenvalue weighted by Crippen LogP contribution is -2.41. The Kier molecular flexibility index (Phi) is 7.98. The van der Waals surface area contributed by atoms with Gasteiger partial charge in [-0.2, -0.15) is 0 Å². The van der Waals surface area contributed by atoms with Gasteiger partial charge >= 0.3 is 0 Å². The van der Waals surface area contributed by atoms with Crippen LogP contribution in [0.2, 0.25) is 5.02 Å². The summed E-state index contributed by atoms with van der Waals surface area (Å²) in [5, 5.41) is 4.39. The molecular weight excluding hydrogens is 453 g/mol. The van der Waals surface area contributed by atoms with Crippen molar-refractivity contribution in [1.82, 2.24) is 9.03 Å². The monoisotopic (exact) mass is 467 g/mol. The molecule has 2 N–H and O–H groups in total. The topological polar surface area (TPSA) is 61.4 Å². The molecule has 1 amide bonds. The molecule has 1 aromatic heterocycles. The third-order valence-electron chi connectivity index (χ3n) is 3.34. The second-order valence-corrected chi connectivity index (χ2v) is 8.74. The van der Waals surface area contributed by atoms with Crippen LogP contribution in [0.15, 0.2) is 34.1 Å². The van der Waals surface area contributed by atoms with Crippen LogP contribution in [0.25, 0.3) is 0 Å². The summed E-state index contributed by atoms with van der Waals surface area (Å²) >= 11 is 9.51. The average molecular weight is 469 g/mol. The maximum Gasteiger partial charge on any atom is 0.211 e. The molecule has 25 heavy (non-hydrogen) atoms. The van der Waals surface area contributed by atoms with Crippen molar-refractivity contribution in [3.8, 4) is 0 Å². The van der Waals surface area contributed by atoms with Crippen LogP contribution in [0.3, 0.4) is 0 Å². The number of rotatable bonds is 3. The summed E-state index contributed by atoms with van der Waals surface area (Å²) in [6.07, 6.45) is 1.51. The molecule has 5 nitrogen and oxygen atoms in total. The van der Waals surface area contributed by atoms with E-state index in [-0.39, 0.29) is 11.1 Å². The van der Waals surface area contributed by atoms with E-state index in [1.165, 1.54) is 23.1 Å². The van der Waals surface area contributed by atoms with Gasteiger partial charge in [-0.25, -0.2) is 17.6 Å². The summed E-state index contributed by atoms with van der Waals surface area (Å²) in [6, 6.07) is 6.28. The smallest absolute Gasteiger partial charge is 0.211 e. The lowest BCUT2D eigenvalue weighted by atomic mass is 10.2. The standard InChI is InChI=1S/C8H11BrN2OS2.C7H5ClFNO/c1-11-3-2-7(10-14(11)12)8-4-6(9)5-13-8;8-6-3-5(10-4-11)1-2-7(6)9/h4-5,7,10H,2-3H2,1H3;1-4H,(H,10,11)/t7-,14?;/m0./s1. The quantitative estimate of drug-likeness (QED) is 0.666. The number of carbonyl (C=O) groups is 1. The Balaban J connectivity index is 0.000000186. The van der Waals surface area contributed by atoms with Crippen LogP contribution in [0.1, 0.15) is 17.3 Å². The van der Waals surface area contributed by atoms with E-state index in [4.69, 9.17) is 11.6 Å². The lowest BCUT2D eigenvalue weighted by molar-refractivity contribution is -0.105. The number of hydrogen-bond acceptors (Lipinski definition) is 3. The molecule has 2 aromatic rings. The van der Waals surface area contributed by atoms with Crippen molar-refractivity contribution in [2.45, 2.75) is 12.5 Å². The Morgan fingerprint density at radius 3 is 2.84 bits per heavy atom. The van der Waals surface area contributed by atoms with Gasteiger partial charge in [0, 0.05) is 34.0 Å². The lowest BCUT2D eigenvalue weighted by Gasteiger charge is -2.28. The molecule has 1 saturated heterocycles. The normalized spacial score (nSPS) is 20.5. The van der Waals surface area contributed by atoms with Gasteiger partial charge in [-0.05, 0) is 46.6 Å². The van der Waals surface area contributed by atoms with Gasteiger partial charge in [0.15, 0.2) is 11.2 Å². The Morgan fingerprint density at radius 2 is 2.28 bits per heavy atom. The van der Waals surface area contributed by atoms with Crippen molar-refractivity contribution < 1.29 is 13.4 Å².